The highest BCUT2D eigenvalue weighted by Gasteiger charge is 2.29. The van der Waals surface area contributed by atoms with Gasteiger partial charge in [-0.2, -0.15) is 11.8 Å². The number of hydrogen-bond donors (Lipinski definition) is 2. The van der Waals surface area contributed by atoms with Crippen LogP contribution in [0.3, 0.4) is 0 Å². The van der Waals surface area contributed by atoms with Gasteiger partial charge in [-0.1, -0.05) is 0 Å². The van der Waals surface area contributed by atoms with E-state index >= 15 is 0 Å². The molecule has 2 rings (SSSR count). The van der Waals surface area contributed by atoms with Gasteiger partial charge in [0.2, 0.25) is 10.0 Å². The van der Waals surface area contributed by atoms with Gasteiger partial charge >= 0.3 is 0 Å². The van der Waals surface area contributed by atoms with Gasteiger partial charge in [0.05, 0.1) is 6.61 Å². The lowest BCUT2D eigenvalue weighted by atomic mass is 10.2. The van der Waals surface area contributed by atoms with Gasteiger partial charge in [-0.25, -0.2) is 13.1 Å². The maximum absolute atomic E-state index is 12.4. The van der Waals surface area contributed by atoms with E-state index in [1.807, 2.05) is 11.8 Å². The topological polar surface area (TPSA) is 79.5 Å². The number of aliphatic hydroxyl groups is 1. The first kappa shape index (κ1) is 14.9. The molecule has 0 aromatic carbocycles. The van der Waals surface area contributed by atoms with E-state index in [4.69, 9.17) is 4.42 Å². The van der Waals surface area contributed by atoms with E-state index in [0.717, 1.165) is 24.3 Å². The van der Waals surface area contributed by atoms with Crippen LogP contribution >= 0.6 is 11.8 Å². The molecule has 2 N–H and O–H groups in total. The number of furan rings is 1. The predicted octanol–water partition coefficient (Wildman–Crippen LogP) is 1.56. The SMILES string of the molecule is Cc1oc(C)c(S(=O)(=O)NC2CCSCC2)c1CO. The maximum Gasteiger partial charge on any atom is 0.244 e. The van der Waals surface area contributed by atoms with Gasteiger partial charge in [-0.3, -0.25) is 0 Å². The summed E-state index contributed by atoms with van der Waals surface area (Å²) in [5, 5.41) is 9.33. The first-order valence-corrected chi connectivity index (χ1v) is 8.89. The molecular weight excluding hydrogens is 286 g/mol. The van der Waals surface area contributed by atoms with Gasteiger partial charge in [0, 0.05) is 11.6 Å². The van der Waals surface area contributed by atoms with Gasteiger partial charge < -0.3 is 9.52 Å². The molecule has 1 saturated heterocycles. The van der Waals surface area contributed by atoms with Crippen LogP contribution in [0.1, 0.15) is 29.9 Å². The van der Waals surface area contributed by atoms with E-state index in [2.05, 4.69) is 4.72 Å². The van der Waals surface area contributed by atoms with E-state index in [0.29, 0.717) is 17.1 Å². The molecule has 0 spiro atoms. The molecule has 108 valence electrons. The fourth-order valence-corrected chi connectivity index (χ4v) is 5.19. The van der Waals surface area contributed by atoms with Crippen molar-refractivity contribution in [2.24, 2.45) is 0 Å². The zero-order valence-electron chi connectivity index (χ0n) is 11.1. The van der Waals surface area contributed by atoms with E-state index in [9.17, 15) is 13.5 Å². The van der Waals surface area contributed by atoms with Crippen LogP contribution in [-0.2, 0) is 16.6 Å². The summed E-state index contributed by atoms with van der Waals surface area (Å²) in [5.41, 5.74) is 0.357. The Morgan fingerprint density at radius 3 is 2.53 bits per heavy atom. The van der Waals surface area contributed by atoms with Gasteiger partial charge in [0.25, 0.3) is 0 Å². The van der Waals surface area contributed by atoms with E-state index in [1.165, 1.54) is 0 Å². The molecule has 0 amide bonds. The normalized spacial score (nSPS) is 17.8. The molecule has 0 radical (unpaired) electrons. The van der Waals surface area contributed by atoms with Crippen LogP contribution in [0.4, 0.5) is 0 Å². The molecule has 0 bridgehead atoms. The van der Waals surface area contributed by atoms with Crippen LogP contribution in [0.5, 0.6) is 0 Å². The lowest BCUT2D eigenvalue weighted by Crippen LogP contribution is -2.37. The van der Waals surface area contributed by atoms with Crippen molar-refractivity contribution in [2.75, 3.05) is 11.5 Å². The second-order valence-corrected chi connectivity index (χ2v) is 7.56. The van der Waals surface area contributed by atoms with Crippen molar-refractivity contribution in [3.05, 3.63) is 17.1 Å². The monoisotopic (exact) mass is 305 g/mol. The number of rotatable bonds is 4. The average molecular weight is 305 g/mol. The fraction of sp³-hybridized carbons (Fsp3) is 0.667. The molecule has 7 heteroatoms. The Hall–Kier alpha value is -0.500. The van der Waals surface area contributed by atoms with Crippen LogP contribution in [0.2, 0.25) is 0 Å². The highest BCUT2D eigenvalue weighted by atomic mass is 32.2. The minimum absolute atomic E-state index is 0.0209. The van der Waals surface area contributed by atoms with Gasteiger partial charge in [0.1, 0.15) is 16.4 Å². The molecule has 1 fully saturated rings. The zero-order valence-corrected chi connectivity index (χ0v) is 12.7. The smallest absolute Gasteiger partial charge is 0.244 e. The third-order valence-corrected chi connectivity index (χ3v) is 6.06. The second-order valence-electron chi connectivity index (χ2n) is 4.69. The summed E-state index contributed by atoms with van der Waals surface area (Å²) in [6.07, 6.45) is 1.68. The highest BCUT2D eigenvalue weighted by molar-refractivity contribution is 7.99. The predicted molar refractivity (Wildman–Crippen MR) is 74.8 cm³/mol. The Balaban J connectivity index is 2.28. The van der Waals surface area contributed by atoms with E-state index in [-0.39, 0.29) is 17.5 Å². The molecule has 0 unspecified atom stereocenters. The number of nitrogens with one attached hydrogen (secondary N) is 1. The average Bonchev–Trinajstić information content (AvgIpc) is 2.64. The van der Waals surface area contributed by atoms with Crippen molar-refractivity contribution >= 4 is 21.8 Å². The van der Waals surface area contributed by atoms with E-state index in [1.54, 1.807) is 13.8 Å². The largest absolute Gasteiger partial charge is 0.465 e. The summed E-state index contributed by atoms with van der Waals surface area (Å²) in [4.78, 5) is 0.103. The van der Waals surface area contributed by atoms with Crippen LogP contribution < -0.4 is 4.72 Å². The first-order chi connectivity index (χ1) is 8.95. The van der Waals surface area contributed by atoms with E-state index < -0.39 is 10.0 Å². The molecule has 5 nitrogen and oxygen atoms in total. The van der Waals surface area contributed by atoms with Crippen molar-refractivity contribution in [3.63, 3.8) is 0 Å². The Kier molecular flexibility index (Phi) is 4.60. The Morgan fingerprint density at radius 1 is 1.32 bits per heavy atom. The first-order valence-electron chi connectivity index (χ1n) is 6.25. The van der Waals surface area contributed by atoms with Gasteiger partial charge in [-0.15, -0.1) is 0 Å². The molecular formula is C12H19NO4S2. The Morgan fingerprint density at radius 2 is 1.95 bits per heavy atom. The zero-order chi connectivity index (χ0) is 14.0. The van der Waals surface area contributed by atoms with Crippen molar-refractivity contribution in [3.8, 4) is 0 Å². The summed E-state index contributed by atoms with van der Waals surface area (Å²) in [7, 11) is -3.63. The lowest BCUT2D eigenvalue weighted by molar-refractivity contribution is 0.276. The third-order valence-electron chi connectivity index (χ3n) is 3.29. The quantitative estimate of drug-likeness (QED) is 0.882. The van der Waals surface area contributed by atoms with Crippen molar-refractivity contribution in [1.29, 1.82) is 0 Å². The van der Waals surface area contributed by atoms with Crippen molar-refractivity contribution < 1.29 is 17.9 Å². The highest BCUT2D eigenvalue weighted by Crippen LogP contribution is 2.27. The number of hydrogen-bond acceptors (Lipinski definition) is 5. The van der Waals surface area contributed by atoms with Crippen LogP contribution in [0.15, 0.2) is 9.31 Å². The minimum atomic E-state index is -3.63. The Bertz CT molecular complexity index is 544. The molecule has 2 heterocycles. The molecule has 0 aliphatic carbocycles. The second kappa shape index (κ2) is 5.87. The number of sulfonamides is 1. The minimum Gasteiger partial charge on any atom is -0.465 e. The number of aryl methyl sites for hydroxylation is 2. The summed E-state index contributed by atoms with van der Waals surface area (Å²) in [6.45, 7) is 2.94. The molecule has 1 aliphatic heterocycles. The third kappa shape index (κ3) is 3.16. The molecule has 19 heavy (non-hydrogen) atoms. The van der Waals surface area contributed by atoms with Gasteiger partial charge in [-0.05, 0) is 38.2 Å². The lowest BCUT2D eigenvalue weighted by Gasteiger charge is -2.22. The molecule has 1 aromatic heterocycles. The molecule has 0 saturated carbocycles. The molecule has 1 aliphatic rings. The van der Waals surface area contributed by atoms with Crippen LogP contribution in [0.25, 0.3) is 0 Å². The summed E-state index contributed by atoms with van der Waals surface area (Å²) >= 11 is 1.84. The van der Waals surface area contributed by atoms with Gasteiger partial charge in [0.15, 0.2) is 0 Å². The van der Waals surface area contributed by atoms with Crippen molar-refractivity contribution in [1.82, 2.24) is 4.72 Å². The summed E-state index contributed by atoms with van der Waals surface area (Å²) in [6, 6.07) is -0.0209. The fourth-order valence-electron chi connectivity index (χ4n) is 2.34. The van der Waals surface area contributed by atoms with Crippen LogP contribution in [-0.4, -0.2) is 31.1 Å². The standard InChI is InChI=1S/C12H19NO4S2/c1-8-11(7-14)12(9(2)17-8)19(15,16)13-10-3-5-18-6-4-10/h10,13-14H,3-7H2,1-2H3. The van der Waals surface area contributed by atoms with Crippen molar-refractivity contribution in [2.45, 2.75) is 44.2 Å². The number of thioether (sulfide) groups is 1. The number of aliphatic hydroxyl groups excluding tert-OH is 1. The maximum atomic E-state index is 12.4. The summed E-state index contributed by atoms with van der Waals surface area (Å²) < 4.78 is 32.9. The summed E-state index contributed by atoms with van der Waals surface area (Å²) in [5.74, 6) is 2.74. The molecule has 0 atom stereocenters. The molecule has 1 aromatic rings. The Labute approximate surface area is 117 Å². The van der Waals surface area contributed by atoms with Crippen LogP contribution in [0, 0.1) is 13.8 Å².